The smallest absolute Gasteiger partial charge is 0.365 e. The zero-order valence-electron chi connectivity index (χ0n) is 22.4. The van der Waals surface area contributed by atoms with Crippen LogP contribution >= 0.6 is 0 Å². The Morgan fingerprint density at radius 3 is 2.21 bits per heavy atom. The van der Waals surface area contributed by atoms with Gasteiger partial charge in [0.05, 0.1) is 17.9 Å². The van der Waals surface area contributed by atoms with Gasteiger partial charge in [0.1, 0.15) is 17.0 Å². The Morgan fingerprint density at radius 1 is 1.03 bits per heavy atom. The summed E-state index contributed by atoms with van der Waals surface area (Å²) in [5, 5.41) is 0. The summed E-state index contributed by atoms with van der Waals surface area (Å²) in [6.07, 6.45) is 1.31. The third kappa shape index (κ3) is 5.99. The van der Waals surface area contributed by atoms with Gasteiger partial charge in [-0.1, -0.05) is 27.0 Å². The molecule has 0 radical (unpaired) electrons. The van der Waals surface area contributed by atoms with Gasteiger partial charge in [0.2, 0.25) is 0 Å². The second kappa shape index (κ2) is 12.2. The number of pyridine rings is 1. The molecule has 0 unspecified atom stereocenters. The van der Waals surface area contributed by atoms with Gasteiger partial charge in [-0.25, -0.2) is 14.4 Å². The highest BCUT2D eigenvalue weighted by Gasteiger charge is 2.36. The van der Waals surface area contributed by atoms with E-state index in [4.69, 9.17) is 0 Å². The van der Waals surface area contributed by atoms with Crippen molar-refractivity contribution in [3.63, 3.8) is 0 Å². The lowest BCUT2D eigenvalue weighted by Crippen LogP contribution is -2.48. The fourth-order valence-corrected chi connectivity index (χ4v) is 4.55. The Hall–Kier alpha value is -4.09. The molecule has 0 atom stereocenters. The van der Waals surface area contributed by atoms with Crippen molar-refractivity contribution in [2.45, 2.75) is 40.4 Å². The van der Waals surface area contributed by atoms with Crippen LogP contribution in [0.4, 0.5) is 23.2 Å². The molecule has 0 aliphatic carbocycles. The van der Waals surface area contributed by atoms with Crippen molar-refractivity contribution < 1.29 is 17.6 Å². The summed E-state index contributed by atoms with van der Waals surface area (Å²) >= 11 is 0. The summed E-state index contributed by atoms with van der Waals surface area (Å²) in [4.78, 5) is 33.3. The number of rotatable bonds is 6. The molecule has 1 saturated heterocycles. The number of aryl methyl sites for hydroxylation is 1. The van der Waals surface area contributed by atoms with Crippen LogP contribution in [0.5, 0.6) is 0 Å². The van der Waals surface area contributed by atoms with Gasteiger partial charge < -0.3 is 9.80 Å². The lowest BCUT2D eigenvalue weighted by Gasteiger charge is -2.39. The van der Waals surface area contributed by atoms with Gasteiger partial charge >= 0.3 is 6.18 Å². The average Bonchev–Trinajstić information content (AvgIpc) is 2.92. The van der Waals surface area contributed by atoms with Gasteiger partial charge in [-0.15, -0.1) is 0 Å². The summed E-state index contributed by atoms with van der Waals surface area (Å²) in [5.41, 5.74) is 0.203. The number of hydrogen-bond acceptors (Lipinski definition) is 7. The average molecular weight is 546 g/mol. The summed E-state index contributed by atoms with van der Waals surface area (Å²) in [7, 11) is 0. The summed E-state index contributed by atoms with van der Waals surface area (Å²) < 4.78 is 56.3. The number of nitrogens with zero attached hydrogens (tertiary/aromatic N) is 7. The van der Waals surface area contributed by atoms with E-state index in [2.05, 4.69) is 33.1 Å². The van der Waals surface area contributed by atoms with E-state index in [1.54, 1.807) is 13.8 Å². The fraction of sp³-hybridized carbons (Fsp3) is 0.370. The quantitative estimate of drug-likeness (QED) is 0.317. The first-order valence-electron chi connectivity index (χ1n) is 12.4. The fourth-order valence-electron chi connectivity index (χ4n) is 4.55. The largest absolute Gasteiger partial charge is 0.435 e. The molecule has 0 spiro atoms. The van der Waals surface area contributed by atoms with Crippen LogP contribution < -0.4 is 10.5 Å². The van der Waals surface area contributed by atoms with Crippen LogP contribution in [0.1, 0.15) is 37.7 Å². The molecule has 12 heteroatoms. The molecule has 4 rings (SSSR count). The molecule has 0 aromatic carbocycles. The molecule has 0 amide bonds. The number of halogens is 4. The number of alkyl halides is 3. The van der Waals surface area contributed by atoms with Crippen LogP contribution in [0.25, 0.3) is 11.2 Å². The van der Waals surface area contributed by atoms with Crippen LogP contribution in [0.2, 0.25) is 0 Å². The first-order valence-corrected chi connectivity index (χ1v) is 12.4. The number of hydrogen-bond donors (Lipinski definition) is 0. The topological polar surface area (TPSA) is 80.0 Å². The maximum Gasteiger partial charge on any atom is 0.435 e. The Labute approximate surface area is 224 Å². The molecule has 1 aliphatic heterocycles. The maximum atomic E-state index is 14.4. The molecule has 0 N–H and O–H groups in total. The van der Waals surface area contributed by atoms with Crippen molar-refractivity contribution in [1.29, 1.82) is 0 Å². The Morgan fingerprint density at radius 2 is 1.62 bits per heavy atom. The molecule has 1 aliphatic rings. The molecule has 39 heavy (non-hydrogen) atoms. The monoisotopic (exact) mass is 545 g/mol. The Kier molecular flexibility index (Phi) is 9.20. The lowest BCUT2D eigenvalue weighted by atomic mass is 10.1. The molecule has 0 bridgehead atoms. The van der Waals surface area contributed by atoms with Crippen molar-refractivity contribution in [2.24, 2.45) is 0 Å². The number of allylic oxidation sites excluding steroid dienone is 3. The minimum Gasteiger partial charge on any atom is -0.365 e. The van der Waals surface area contributed by atoms with Crippen molar-refractivity contribution in [2.75, 3.05) is 31.1 Å². The highest BCUT2D eigenvalue weighted by atomic mass is 19.4. The van der Waals surface area contributed by atoms with Crippen LogP contribution in [0, 0.1) is 6.92 Å². The molecule has 1 fully saturated rings. The van der Waals surface area contributed by atoms with Crippen molar-refractivity contribution in [3.8, 4) is 0 Å². The third-order valence-corrected chi connectivity index (χ3v) is 6.16. The third-order valence-electron chi connectivity index (χ3n) is 6.16. The highest BCUT2D eigenvalue weighted by molar-refractivity contribution is 5.80. The molecule has 3 aromatic heterocycles. The number of piperazine rings is 1. The van der Waals surface area contributed by atoms with Crippen molar-refractivity contribution in [1.82, 2.24) is 29.4 Å². The SMILES string of the molecule is C=C/C(F)=C(\C(=C)C)N1CCN(c2c(C)c3nccnc3n(Cc3nccnc3C(F)(F)F)c2=O)CC1.CC. The van der Waals surface area contributed by atoms with Gasteiger partial charge in [-0.05, 0) is 25.5 Å². The van der Waals surface area contributed by atoms with Gasteiger partial charge in [-0.3, -0.25) is 19.3 Å². The normalized spacial score (nSPS) is 14.5. The van der Waals surface area contributed by atoms with Crippen LogP contribution in [-0.4, -0.2) is 55.6 Å². The minimum atomic E-state index is -4.74. The standard InChI is InChI=1S/C25H25F4N7O.C2H6/c1-5-17(26)20(15(2)3)34-10-12-35(13-11-34)21-16(4)19-23(33-9-7-31-19)36(24(21)37)14-18-22(25(27,28)29)32-8-6-30-18;1-2/h5-9H,1-2,10-14H2,3-4H3;1-2H3/b20-17-;. The van der Waals surface area contributed by atoms with E-state index in [1.807, 2.05) is 23.6 Å². The first-order chi connectivity index (χ1) is 18.5. The van der Waals surface area contributed by atoms with Gasteiger partial charge in [0, 0.05) is 56.5 Å². The van der Waals surface area contributed by atoms with E-state index in [0.717, 1.165) is 23.0 Å². The molecule has 0 saturated carbocycles. The molecule has 4 heterocycles. The van der Waals surface area contributed by atoms with Crippen LogP contribution in [0.15, 0.2) is 65.9 Å². The van der Waals surface area contributed by atoms with E-state index in [1.165, 1.54) is 12.4 Å². The lowest BCUT2D eigenvalue weighted by molar-refractivity contribution is -0.142. The van der Waals surface area contributed by atoms with E-state index in [0.29, 0.717) is 54.2 Å². The highest BCUT2D eigenvalue weighted by Crippen LogP contribution is 2.31. The minimum absolute atomic E-state index is 0.145. The molecular weight excluding hydrogens is 514 g/mol. The predicted octanol–water partition coefficient (Wildman–Crippen LogP) is 5.05. The summed E-state index contributed by atoms with van der Waals surface area (Å²) in [6, 6.07) is 0. The number of aromatic nitrogens is 5. The summed E-state index contributed by atoms with van der Waals surface area (Å²) in [5.74, 6) is -0.482. The van der Waals surface area contributed by atoms with E-state index < -0.39 is 35.5 Å². The number of fused-ring (bicyclic) bond motifs is 1. The van der Waals surface area contributed by atoms with Gasteiger partial charge in [0.15, 0.2) is 11.3 Å². The summed E-state index contributed by atoms with van der Waals surface area (Å²) in [6.45, 7) is 15.8. The van der Waals surface area contributed by atoms with Crippen LogP contribution in [-0.2, 0) is 12.7 Å². The van der Waals surface area contributed by atoms with Crippen molar-refractivity contribution >= 4 is 16.9 Å². The second-order valence-electron chi connectivity index (χ2n) is 8.60. The maximum absolute atomic E-state index is 14.4. The van der Waals surface area contributed by atoms with Gasteiger partial charge in [-0.2, -0.15) is 13.2 Å². The predicted molar refractivity (Wildman–Crippen MR) is 143 cm³/mol. The van der Waals surface area contributed by atoms with Crippen LogP contribution in [0.3, 0.4) is 0 Å². The van der Waals surface area contributed by atoms with E-state index in [-0.39, 0.29) is 5.65 Å². The number of anilines is 1. The Bertz CT molecular complexity index is 1450. The zero-order valence-corrected chi connectivity index (χ0v) is 22.4. The van der Waals surface area contributed by atoms with E-state index in [9.17, 15) is 22.4 Å². The molecule has 3 aromatic rings. The first kappa shape index (κ1) is 29.5. The molecule has 208 valence electrons. The van der Waals surface area contributed by atoms with E-state index >= 15 is 0 Å². The van der Waals surface area contributed by atoms with Gasteiger partial charge in [0.25, 0.3) is 5.56 Å². The Balaban J connectivity index is 0.00000205. The molecule has 8 nitrogen and oxygen atoms in total. The zero-order chi connectivity index (χ0) is 28.9. The second-order valence-corrected chi connectivity index (χ2v) is 8.60. The molecular formula is C27H31F4N7O. The van der Waals surface area contributed by atoms with Crippen molar-refractivity contribution in [3.05, 3.63) is 88.4 Å².